The second-order valence-corrected chi connectivity index (χ2v) is 7.95. The molecular formula is C19H19NO2S2. The number of hydrogen-bond acceptors (Lipinski definition) is 4. The molecule has 0 aliphatic heterocycles. The van der Waals surface area contributed by atoms with Crippen LogP contribution in [0.1, 0.15) is 36.3 Å². The number of rotatable bonds is 5. The molecule has 0 spiro atoms. The van der Waals surface area contributed by atoms with E-state index in [0.29, 0.717) is 6.54 Å². The molecule has 3 aromatic heterocycles. The van der Waals surface area contributed by atoms with Crippen LogP contribution in [0, 0.1) is 0 Å². The Bertz CT molecular complexity index is 796. The Morgan fingerprint density at radius 1 is 1.17 bits per heavy atom. The monoisotopic (exact) mass is 357 g/mol. The van der Waals surface area contributed by atoms with E-state index in [1.54, 1.807) is 22.7 Å². The van der Waals surface area contributed by atoms with Crippen molar-refractivity contribution in [3.05, 3.63) is 57.1 Å². The molecule has 3 aromatic rings. The quantitative estimate of drug-likeness (QED) is 0.682. The molecule has 0 bridgehead atoms. The summed E-state index contributed by atoms with van der Waals surface area (Å²) in [5.74, 6) is 1.79. The highest BCUT2D eigenvalue weighted by Gasteiger charge is 2.43. The zero-order chi connectivity index (χ0) is 16.4. The molecule has 1 fully saturated rings. The van der Waals surface area contributed by atoms with Crippen molar-refractivity contribution in [2.45, 2.75) is 37.6 Å². The van der Waals surface area contributed by atoms with Gasteiger partial charge in [-0.15, -0.1) is 11.3 Å². The third kappa shape index (κ3) is 2.82. The van der Waals surface area contributed by atoms with Crippen molar-refractivity contribution in [1.82, 2.24) is 5.32 Å². The molecule has 0 aromatic carbocycles. The summed E-state index contributed by atoms with van der Waals surface area (Å²) in [6.45, 7) is 0.441. The van der Waals surface area contributed by atoms with Gasteiger partial charge >= 0.3 is 0 Å². The van der Waals surface area contributed by atoms with Crippen molar-refractivity contribution in [2.75, 3.05) is 0 Å². The van der Waals surface area contributed by atoms with Gasteiger partial charge in [0, 0.05) is 15.8 Å². The average molecular weight is 358 g/mol. The number of carbonyl (C=O) groups excluding carboxylic acids is 1. The van der Waals surface area contributed by atoms with Gasteiger partial charge < -0.3 is 9.73 Å². The summed E-state index contributed by atoms with van der Waals surface area (Å²) in [6, 6.07) is 10.1. The lowest BCUT2D eigenvalue weighted by atomic mass is 9.83. The fourth-order valence-electron chi connectivity index (χ4n) is 3.48. The summed E-state index contributed by atoms with van der Waals surface area (Å²) in [5.41, 5.74) is 0.750. The molecule has 0 saturated heterocycles. The van der Waals surface area contributed by atoms with Crippen LogP contribution in [0.15, 0.2) is 50.9 Å². The lowest BCUT2D eigenvalue weighted by Crippen LogP contribution is -2.41. The Kier molecular flexibility index (Phi) is 4.29. The van der Waals surface area contributed by atoms with E-state index in [0.717, 1.165) is 42.8 Å². The summed E-state index contributed by atoms with van der Waals surface area (Å²) in [6.07, 6.45) is 4.12. The topological polar surface area (TPSA) is 42.2 Å². The van der Waals surface area contributed by atoms with E-state index in [1.165, 1.54) is 4.88 Å². The first-order chi connectivity index (χ1) is 11.8. The van der Waals surface area contributed by atoms with Crippen molar-refractivity contribution in [2.24, 2.45) is 0 Å². The fraction of sp³-hybridized carbons (Fsp3) is 0.316. The lowest BCUT2D eigenvalue weighted by molar-refractivity contribution is -0.126. The summed E-state index contributed by atoms with van der Waals surface area (Å²) in [7, 11) is 0. The van der Waals surface area contributed by atoms with E-state index in [2.05, 4.69) is 22.1 Å². The molecule has 5 heteroatoms. The molecular weight excluding hydrogens is 338 g/mol. The molecule has 1 saturated carbocycles. The number of thiophene rings is 2. The van der Waals surface area contributed by atoms with Gasteiger partial charge in [0.2, 0.25) is 5.91 Å². The van der Waals surface area contributed by atoms with Gasteiger partial charge in [-0.3, -0.25) is 4.79 Å². The van der Waals surface area contributed by atoms with Crippen molar-refractivity contribution in [3.8, 4) is 11.3 Å². The molecule has 4 rings (SSSR count). The standard InChI is InChI=1S/C19H19NO2S2/c21-18(19(8-1-2-9-19)17-4-3-10-24-17)20-12-15-5-6-16(22-15)14-7-11-23-13-14/h3-7,10-11,13H,1-2,8-9,12H2,(H,20,21). The molecule has 0 unspecified atom stereocenters. The van der Waals surface area contributed by atoms with Crippen molar-refractivity contribution < 1.29 is 9.21 Å². The number of hydrogen-bond donors (Lipinski definition) is 1. The van der Waals surface area contributed by atoms with E-state index in [4.69, 9.17) is 4.42 Å². The highest BCUT2D eigenvalue weighted by molar-refractivity contribution is 7.10. The normalized spacial score (nSPS) is 16.3. The maximum atomic E-state index is 12.9. The third-order valence-corrected chi connectivity index (χ3v) is 6.53. The van der Waals surface area contributed by atoms with Crippen molar-refractivity contribution in [3.63, 3.8) is 0 Å². The molecule has 3 heterocycles. The summed E-state index contributed by atoms with van der Waals surface area (Å²) in [5, 5.41) is 9.26. The molecule has 1 N–H and O–H groups in total. The minimum atomic E-state index is -0.336. The van der Waals surface area contributed by atoms with Gasteiger partial charge in [-0.2, -0.15) is 11.3 Å². The summed E-state index contributed by atoms with van der Waals surface area (Å²) in [4.78, 5) is 14.1. The van der Waals surface area contributed by atoms with Gasteiger partial charge in [0.25, 0.3) is 0 Å². The molecule has 0 radical (unpaired) electrons. The van der Waals surface area contributed by atoms with E-state index in [1.807, 2.05) is 29.6 Å². The second kappa shape index (κ2) is 6.57. The van der Waals surface area contributed by atoms with Crippen molar-refractivity contribution in [1.29, 1.82) is 0 Å². The first-order valence-electron chi connectivity index (χ1n) is 8.21. The first kappa shape index (κ1) is 15.7. The smallest absolute Gasteiger partial charge is 0.231 e. The van der Waals surface area contributed by atoms with Gasteiger partial charge in [0.15, 0.2) is 0 Å². The van der Waals surface area contributed by atoms with Crippen LogP contribution in [0.2, 0.25) is 0 Å². The van der Waals surface area contributed by atoms with Crippen LogP contribution in [-0.2, 0) is 16.8 Å². The maximum absolute atomic E-state index is 12.9. The number of furan rings is 1. The Morgan fingerprint density at radius 2 is 2.04 bits per heavy atom. The van der Waals surface area contributed by atoms with Gasteiger partial charge in [0.1, 0.15) is 11.5 Å². The molecule has 3 nitrogen and oxygen atoms in total. The molecule has 1 aliphatic carbocycles. The maximum Gasteiger partial charge on any atom is 0.231 e. The fourth-order valence-corrected chi connectivity index (χ4v) is 5.11. The van der Waals surface area contributed by atoms with Gasteiger partial charge in [-0.05, 0) is 47.9 Å². The Hall–Kier alpha value is -1.85. The average Bonchev–Trinajstić information content (AvgIpc) is 3.41. The van der Waals surface area contributed by atoms with E-state index in [-0.39, 0.29) is 11.3 Å². The highest BCUT2D eigenvalue weighted by Crippen LogP contribution is 2.43. The number of carbonyl (C=O) groups is 1. The molecule has 0 atom stereocenters. The SMILES string of the molecule is O=C(NCc1ccc(-c2ccsc2)o1)C1(c2cccs2)CCCC1. The van der Waals surface area contributed by atoms with Crippen LogP contribution >= 0.6 is 22.7 Å². The van der Waals surface area contributed by atoms with Crippen LogP contribution in [0.4, 0.5) is 0 Å². The van der Waals surface area contributed by atoms with Crippen LogP contribution in [-0.4, -0.2) is 5.91 Å². The van der Waals surface area contributed by atoms with Crippen LogP contribution in [0.5, 0.6) is 0 Å². The summed E-state index contributed by atoms with van der Waals surface area (Å²) >= 11 is 3.34. The number of amides is 1. The predicted octanol–water partition coefficient (Wildman–Crippen LogP) is 5.20. The third-order valence-electron chi connectivity index (χ3n) is 4.78. The molecule has 1 aliphatic rings. The lowest BCUT2D eigenvalue weighted by Gasteiger charge is -2.26. The zero-order valence-corrected chi connectivity index (χ0v) is 14.9. The number of nitrogens with one attached hydrogen (secondary N) is 1. The van der Waals surface area contributed by atoms with Gasteiger partial charge in [-0.1, -0.05) is 18.9 Å². The van der Waals surface area contributed by atoms with E-state index in [9.17, 15) is 4.79 Å². The molecule has 1 amide bonds. The van der Waals surface area contributed by atoms with Crippen LogP contribution in [0.25, 0.3) is 11.3 Å². The highest BCUT2D eigenvalue weighted by atomic mass is 32.1. The second-order valence-electron chi connectivity index (χ2n) is 6.23. The van der Waals surface area contributed by atoms with Gasteiger partial charge in [0.05, 0.1) is 12.0 Å². The first-order valence-corrected chi connectivity index (χ1v) is 10.0. The Labute approximate surface area is 149 Å². The van der Waals surface area contributed by atoms with Crippen LogP contribution in [0.3, 0.4) is 0 Å². The van der Waals surface area contributed by atoms with Crippen LogP contribution < -0.4 is 5.32 Å². The summed E-state index contributed by atoms with van der Waals surface area (Å²) < 4.78 is 5.86. The zero-order valence-electron chi connectivity index (χ0n) is 13.3. The van der Waals surface area contributed by atoms with Gasteiger partial charge in [-0.25, -0.2) is 0 Å². The molecule has 124 valence electrons. The predicted molar refractivity (Wildman–Crippen MR) is 98.3 cm³/mol. The molecule has 24 heavy (non-hydrogen) atoms. The minimum Gasteiger partial charge on any atom is -0.459 e. The Morgan fingerprint density at radius 3 is 2.75 bits per heavy atom. The Balaban J connectivity index is 1.46. The van der Waals surface area contributed by atoms with E-state index < -0.39 is 0 Å². The minimum absolute atomic E-state index is 0.135. The van der Waals surface area contributed by atoms with Crippen molar-refractivity contribution >= 4 is 28.6 Å². The largest absolute Gasteiger partial charge is 0.459 e. The van der Waals surface area contributed by atoms with E-state index >= 15 is 0 Å².